The van der Waals surface area contributed by atoms with Gasteiger partial charge in [0.1, 0.15) is 5.75 Å². The molecule has 0 aliphatic heterocycles. The van der Waals surface area contributed by atoms with Crippen molar-refractivity contribution in [2.75, 3.05) is 7.11 Å². The maximum absolute atomic E-state index is 12.4. The molecule has 0 atom stereocenters. The second-order valence-corrected chi connectivity index (χ2v) is 25.6. The highest BCUT2D eigenvalue weighted by atomic mass is 32.1. The molecule has 89 heavy (non-hydrogen) atoms. The van der Waals surface area contributed by atoms with Gasteiger partial charge in [0.05, 0.1) is 86.0 Å². The molecule has 0 amide bonds. The van der Waals surface area contributed by atoms with Crippen LogP contribution in [0.5, 0.6) is 5.75 Å². The van der Waals surface area contributed by atoms with Gasteiger partial charge in [-0.15, -0.1) is 0 Å². The van der Waals surface area contributed by atoms with Crippen molar-refractivity contribution >= 4 is 119 Å². The van der Waals surface area contributed by atoms with Crippen LogP contribution in [-0.4, -0.2) is 26.9 Å². The highest BCUT2D eigenvalue weighted by Crippen LogP contribution is 2.27. The van der Waals surface area contributed by atoms with Gasteiger partial charge in [0.15, 0.2) is 0 Å². The number of nitrogens with zero attached hydrogens (tertiary/aromatic N) is 5. The Bertz CT molecular complexity index is 5370. The second kappa shape index (κ2) is 26.5. The second-order valence-electron chi connectivity index (χ2n) is 20.7. The Balaban J connectivity index is 0.000000108. The molecule has 11 aromatic carbocycles. The first-order chi connectivity index (χ1) is 43.4. The molecule has 5 aromatic heterocycles. The summed E-state index contributed by atoms with van der Waals surface area (Å²) < 4.78 is 18.9. The van der Waals surface area contributed by atoms with Crippen molar-refractivity contribution in [3.63, 3.8) is 0 Å². The summed E-state index contributed by atoms with van der Waals surface area (Å²) in [5, 5.41) is 6.24. The quantitative estimate of drug-likeness (QED) is 0.164. The highest BCUT2D eigenvalue weighted by Gasteiger charge is 2.13. The van der Waals surface area contributed by atoms with Crippen molar-refractivity contribution in [1.29, 1.82) is 0 Å². The number of ether oxygens (including phenoxy) is 1. The van der Waals surface area contributed by atoms with E-state index in [1.165, 1.54) is 74.2 Å². The number of fused-ring (bicyclic) bond motifs is 6. The summed E-state index contributed by atoms with van der Waals surface area (Å²) in [6.45, 7) is 6.11. The fourth-order valence-corrected chi connectivity index (χ4v) is 14.8. The van der Waals surface area contributed by atoms with Gasteiger partial charge in [-0.2, -0.15) is 0 Å². The first kappa shape index (κ1) is 59.3. The molecule has 0 saturated carbocycles. The Morgan fingerprint density at radius 2 is 0.562 bits per heavy atom. The minimum atomic E-state index is 0.0175. The van der Waals surface area contributed by atoms with Gasteiger partial charge in [-0.3, -0.25) is 24.0 Å². The number of aryl methyl sites for hydroxylation is 3. The Morgan fingerprint density at radius 1 is 0.258 bits per heavy atom. The van der Waals surface area contributed by atoms with E-state index >= 15 is 0 Å². The van der Waals surface area contributed by atoms with Gasteiger partial charge in [-0.05, 0) is 158 Å². The van der Waals surface area contributed by atoms with Crippen molar-refractivity contribution in [1.82, 2.24) is 19.8 Å². The lowest BCUT2D eigenvalue weighted by Crippen LogP contribution is -2.10. The molecule has 16 heteroatoms. The van der Waals surface area contributed by atoms with Crippen LogP contribution in [0.1, 0.15) is 16.7 Å². The van der Waals surface area contributed by atoms with Crippen LogP contribution in [0.2, 0.25) is 0 Å². The van der Waals surface area contributed by atoms with E-state index in [2.05, 4.69) is 24.3 Å². The summed E-state index contributed by atoms with van der Waals surface area (Å²) in [4.78, 5) is 61.3. The largest absolute Gasteiger partial charge is 0.497 e. The third-order valence-corrected chi connectivity index (χ3v) is 20.0. The summed E-state index contributed by atoms with van der Waals surface area (Å²) in [5.74, 6) is 0.747. The van der Waals surface area contributed by atoms with Gasteiger partial charge in [0.2, 0.25) is 0 Å². The first-order valence-corrected chi connectivity index (χ1v) is 32.2. The van der Waals surface area contributed by atoms with Crippen LogP contribution in [-0.2, 0) is 0 Å². The average molecular weight is 1260 g/mol. The smallest absolute Gasteiger partial charge is 0.273 e. The standard InChI is InChI=1S/C17H11NOS.C14H11NO2S.3C14H11NOS/c19-17-15-7-3-4-8-16(15)20-18(17)14-10-9-12-5-1-2-6-13(12)11-14;1-17-11-6-4-5-10(9-11)15-14(16)12-7-2-3-8-13(12)18-15;1-10-5-4-6-11(9-10)15-14(16)12-7-2-3-8-13(12)17-15;2*1-10-6-8-11(9-7-10)15-14(16)12-4-2-3-5-13(12)17-15/h1-11H;2-9H,1H3;3*2-9H,1H3. The molecule has 0 unspecified atom stereocenters. The van der Waals surface area contributed by atoms with E-state index in [9.17, 15) is 24.0 Å². The van der Waals surface area contributed by atoms with Gasteiger partial charge in [-0.1, -0.05) is 202 Å². The molecule has 0 saturated heterocycles. The maximum atomic E-state index is 12.4. The lowest BCUT2D eigenvalue weighted by atomic mass is 10.1. The molecular formula is C73H55N5O6S5. The Kier molecular flexibility index (Phi) is 17.6. The predicted molar refractivity (Wildman–Crippen MR) is 375 cm³/mol. The molecule has 0 N–H and O–H groups in total. The van der Waals surface area contributed by atoms with Crippen molar-refractivity contribution < 1.29 is 4.74 Å². The van der Waals surface area contributed by atoms with Crippen molar-refractivity contribution in [2.24, 2.45) is 0 Å². The maximum Gasteiger partial charge on any atom is 0.273 e. The van der Waals surface area contributed by atoms with Crippen LogP contribution in [0.3, 0.4) is 0 Å². The van der Waals surface area contributed by atoms with Gasteiger partial charge >= 0.3 is 0 Å². The molecule has 16 aromatic rings. The zero-order valence-electron chi connectivity index (χ0n) is 48.6. The molecule has 438 valence electrons. The predicted octanol–water partition coefficient (Wildman–Crippen LogP) is 17.3. The molecule has 0 fully saturated rings. The monoisotopic (exact) mass is 1260 g/mol. The highest BCUT2D eigenvalue weighted by molar-refractivity contribution is 7.15. The van der Waals surface area contributed by atoms with Gasteiger partial charge in [0, 0.05) is 6.07 Å². The molecule has 16 rings (SSSR count). The van der Waals surface area contributed by atoms with E-state index in [-0.39, 0.29) is 27.8 Å². The van der Waals surface area contributed by atoms with E-state index < -0.39 is 0 Å². The number of benzene rings is 11. The minimum absolute atomic E-state index is 0.0175. The fraction of sp³-hybridized carbons (Fsp3) is 0.0548. The summed E-state index contributed by atoms with van der Waals surface area (Å²) in [7, 11) is 1.62. The number of methoxy groups -OCH3 is 1. The Hall–Kier alpha value is -10.1. The van der Waals surface area contributed by atoms with E-state index in [0.717, 1.165) is 95.6 Å². The third kappa shape index (κ3) is 12.9. The van der Waals surface area contributed by atoms with Crippen LogP contribution in [0, 0.1) is 20.8 Å². The number of aromatic nitrogens is 5. The van der Waals surface area contributed by atoms with Crippen LogP contribution in [0.25, 0.3) is 89.6 Å². The first-order valence-electron chi connectivity index (χ1n) is 28.3. The molecule has 0 aliphatic carbocycles. The number of hydrogen-bond donors (Lipinski definition) is 0. The van der Waals surface area contributed by atoms with Crippen LogP contribution in [0.4, 0.5) is 0 Å². The lowest BCUT2D eigenvalue weighted by molar-refractivity contribution is 0.414. The van der Waals surface area contributed by atoms with Gasteiger partial charge in [0.25, 0.3) is 27.8 Å². The fourth-order valence-electron chi connectivity index (χ4n) is 9.86. The van der Waals surface area contributed by atoms with E-state index in [4.69, 9.17) is 4.74 Å². The van der Waals surface area contributed by atoms with Gasteiger partial charge < -0.3 is 4.74 Å². The summed E-state index contributed by atoms with van der Waals surface area (Å²) in [6, 6.07) is 84.3. The Morgan fingerprint density at radius 3 is 0.921 bits per heavy atom. The summed E-state index contributed by atoms with van der Waals surface area (Å²) >= 11 is 7.40. The number of rotatable bonds is 6. The van der Waals surface area contributed by atoms with Gasteiger partial charge in [-0.25, -0.2) is 19.8 Å². The topological polar surface area (TPSA) is 119 Å². The molecule has 0 aliphatic rings. The van der Waals surface area contributed by atoms with Crippen LogP contribution in [0.15, 0.2) is 285 Å². The van der Waals surface area contributed by atoms with E-state index in [1.807, 2.05) is 257 Å². The van der Waals surface area contributed by atoms with Crippen molar-refractivity contribution in [3.8, 4) is 34.2 Å². The SMILES string of the molecule is COc1cccc(-n2sc3ccccc3c2=O)c1.Cc1ccc(-n2sc3ccccc3c2=O)cc1.Cc1ccc(-n2sc3ccccc3c2=O)cc1.Cc1cccc(-n2sc3ccccc3c2=O)c1.O=c1c2ccccc2sn1-c1ccc2ccccc2c1. The molecule has 0 spiro atoms. The zero-order chi connectivity index (χ0) is 61.5. The van der Waals surface area contributed by atoms with Crippen molar-refractivity contribution in [2.45, 2.75) is 20.8 Å². The average Bonchev–Trinajstić information content (AvgIpc) is 3.65. The Labute approximate surface area is 530 Å². The molecule has 5 heterocycles. The van der Waals surface area contributed by atoms with E-state index in [0.29, 0.717) is 0 Å². The summed E-state index contributed by atoms with van der Waals surface area (Å²) in [5.41, 5.74) is 8.39. The van der Waals surface area contributed by atoms with Crippen LogP contribution >= 0.6 is 57.7 Å². The number of hydrogen-bond acceptors (Lipinski definition) is 11. The van der Waals surface area contributed by atoms with Crippen LogP contribution < -0.4 is 32.5 Å². The zero-order valence-corrected chi connectivity index (χ0v) is 52.6. The summed E-state index contributed by atoms with van der Waals surface area (Å²) in [6.07, 6.45) is 0. The van der Waals surface area contributed by atoms with E-state index in [1.54, 1.807) is 26.9 Å². The normalized spacial score (nSPS) is 10.9. The molecule has 0 radical (unpaired) electrons. The molecular weight excluding hydrogens is 1200 g/mol. The van der Waals surface area contributed by atoms with Crippen molar-refractivity contribution in [3.05, 3.63) is 329 Å². The minimum Gasteiger partial charge on any atom is -0.497 e. The molecule has 11 nitrogen and oxygen atoms in total. The third-order valence-electron chi connectivity index (χ3n) is 14.5. The molecule has 0 bridgehead atoms. The lowest BCUT2D eigenvalue weighted by Gasteiger charge is -2.03.